The first-order valence-corrected chi connectivity index (χ1v) is 6.85. The molecule has 1 fully saturated rings. The van der Waals surface area contributed by atoms with E-state index in [1.54, 1.807) is 0 Å². The van der Waals surface area contributed by atoms with Crippen LogP contribution in [0.3, 0.4) is 0 Å². The highest BCUT2D eigenvalue weighted by Gasteiger charge is 2.54. The van der Waals surface area contributed by atoms with Crippen LogP contribution in [0.2, 0.25) is 0 Å². The number of ether oxygens (including phenoxy) is 1. The third kappa shape index (κ3) is 2.00. The number of guanidine groups is 1. The Morgan fingerprint density at radius 1 is 1.55 bits per heavy atom. The summed E-state index contributed by atoms with van der Waals surface area (Å²) in [4.78, 5) is 7.58. The van der Waals surface area contributed by atoms with Crippen LogP contribution in [0, 0.1) is 0 Å². The van der Waals surface area contributed by atoms with Crippen molar-refractivity contribution < 1.29 is 25.2 Å². The van der Waals surface area contributed by atoms with Gasteiger partial charge < -0.3 is 36.2 Å². The standard InChI is InChI=1S/C11H16ClN5O5/c1-10(7(20)5(19)4(2-18)22-10)17-3-14-6-8(17)15-9(13)16-11(6,12)21/h3-5,7,18-21H,2H2,1H3,(H3,13,15,16)/t4-,5-,7-,10-,11?/m1/s1. The monoisotopic (exact) mass is 333 g/mol. The molecule has 0 aliphatic carbocycles. The molecule has 7 N–H and O–H groups in total. The second kappa shape index (κ2) is 4.78. The van der Waals surface area contributed by atoms with Crippen LogP contribution in [0.4, 0.5) is 5.82 Å². The fourth-order valence-electron chi connectivity index (χ4n) is 2.71. The van der Waals surface area contributed by atoms with E-state index in [0.29, 0.717) is 0 Å². The van der Waals surface area contributed by atoms with Crippen LogP contribution in [-0.2, 0) is 15.6 Å². The molecular formula is C11H16ClN5O5. The van der Waals surface area contributed by atoms with E-state index in [0.717, 1.165) is 0 Å². The van der Waals surface area contributed by atoms with E-state index in [1.165, 1.54) is 17.8 Å². The zero-order valence-corrected chi connectivity index (χ0v) is 12.3. The molecule has 0 amide bonds. The fourth-order valence-corrected chi connectivity index (χ4v) is 2.94. The molecule has 1 saturated heterocycles. The van der Waals surface area contributed by atoms with Gasteiger partial charge in [0, 0.05) is 0 Å². The normalized spacial score (nSPS) is 41.0. The first-order valence-electron chi connectivity index (χ1n) is 6.47. The molecule has 2 aliphatic heterocycles. The Bertz CT molecular complexity index is 634. The van der Waals surface area contributed by atoms with Crippen molar-refractivity contribution in [2.45, 2.75) is 36.1 Å². The van der Waals surface area contributed by atoms with Crippen molar-refractivity contribution in [3.63, 3.8) is 0 Å². The number of alkyl halides is 1. The van der Waals surface area contributed by atoms with Crippen molar-refractivity contribution >= 4 is 23.4 Å². The second-order valence-corrected chi connectivity index (χ2v) is 5.88. The van der Waals surface area contributed by atoms with Gasteiger partial charge in [0.1, 0.15) is 24.1 Å². The van der Waals surface area contributed by atoms with Gasteiger partial charge in [-0.25, -0.2) is 4.98 Å². The Labute approximate surface area is 129 Å². The number of aliphatic hydroxyl groups excluding tert-OH is 3. The van der Waals surface area contributed by atoms with Crippen molar-refractivity contribution in [1.29, 1.82) is 0 Å². The van der Waals surface area contributed by atoms with Crippen LogP contribution < -0.4 is 11.1 Å². The van der Waals surface area contributed by atoms with Crippen LogP contribution in [0.25, 0.3) is 0 Å². The highest BCUT2D eigenvalue weighted by Crippen LogP contribution is 2.42. The Kier molecular flexibility index (Phi) is 3.36. The number of nitrogens with zero attached hydrogens (tertiary/aromatic N) is 3. The summed E-state index contributed by atoms with van der Waals surface area (Å²) >= 11 is 5.86. The summed E-state index contributed by atoms with van der Waals surface area (Å²) in [6.45, 7) is 1.02. The Hall–Kier alpha value is -1.43. The number of hydrogen-bond acceptors (Lipinski definition) is 9. The maximum absolute atomic E-state index is 10.3. The average Bonchev–Trinajstić information content (AvgIpc) is 2.94. The molecule has 0 radical (unpaired) electrons. The molecule has 10 nitrogen and oxygen atoms in total. The zero-order chi connectivity index (χ0) is 16.3. The third-order valence-electron chi connectivity index (χ3n) is 3.89. The number of aliphatic hydroxyl groups is 4. The number of halogens is 1. The van der Waals surface area contributed by atoms with Gasteiger partial charge in [0.05, 0.1) is 12.9 Å². The zero-order valence-electron chi connectivity index (χ0n) is 11.5. The fraction of sp³-hybridized carbons (Fsp3) is 0.636. The van der Waals surface area contributed by atoms with Gasteiger partial charge in [-0.3, -0.25) is 4.57 Å². The van der Waals surface area contributed by atoms with E-state index in [2.05, 4.69) is 15.3 Å². The summed E-state index contributed by atoms with van der Waals surface area (Å²) in [6.07, 6.45) is -2.36. The van der Waals surface area contributed by atoms with E-state index in [-0.39, 0.29) is 17.5 Å². The molecule has 5 atom stereocenters. The minimum atomic E-state index is -2.15. The lowest BCUT2D eigenvalue weighted by Crippen LogP contribution is -2.44. The Morgan fingerprint density at radius 3 is 2.82 bits per heavy atom. The summed E-state index contributed by atoms with van der Waals surface area (Å²) in [7, 11) is 0. The van der Waals surface area contributed by atoms with E-state index in [9.17, 15) is 20.4 Å². The SMILES string of the molecule is C[C@@]1(n2cnc3c2NC(N)=NC3(O)Cl)O[C@H](CO)[C@@H](O)[C@H]1O. The quantitative estimate of drug-likeness (QED) is 0.261. The number of hydrogen-bond donors (Lipinski definition) is 6. The summed E-state index contributed by atoms with van der Waals surface area (Å²) in [6, 6.07) is 0. The number of aromatic nitrogens is 2. The van der Waals surface area contributed by atoms with Crippen molar-refractivity contribution in [2.24, 2.45) is 10.7 Å². The molecule has 11 heteroatoms. The van der Waals surface area contributed by atoms with Gasteiger partial charge in [-0.05, 0) is 6.92 Å². The maximum Gasteiger partial charge on any atom is 0.285 e. The molecule has 1 aromatic heterocycles. The average molecular weight is 334 g/mol. The Balaban J connectivity index is 2.07. The first kappa shape index (κ1) is 15.5. The molecule has 1 aromatic rings. The number of fused-ring (bicyclic) bond motifs is 1. The third-order valence-corrected chi connectivity index (χ3v) is 4.15. The van der Waals surface area contributed by atoms with E-state index >= 15 is 0 Å². The second-order valence-electron chi connectivity index (χ2n) is 5.35. The molecule has 3 rings (SSSR count). The lowest BCUT2D eigenvalue weighted by molar-refractivity contribution is -0.133. The molecule has 122 valence electrons. The summed E-state index contributed by atoms with van der Waals surface area (Å²) in [5.74, 6) is 0.0134. The van der Waals surface area contributed by atoms with Gasteiger partial charge in [-0.2, -0.15) is 4.99 Å². The summed E-state index contributed by atoms with van der Waals surface area (Å²) in [5.41, 5.74) is 4.09. The molecule has 3 heterocycles. The number of aliphatic imine (C=N–C) groups is 1. The first-order chi connectivity index (χ1) is 10.2. The highest BCUT2D eigenvalue weighted by molar-refractivity contribution is 6.24. The molecule has 0 saturated carbocycles. The van der Waals surface area contributed by atoms with E-state index in [1.807, 2.05) is 0 Å². The van der Waals surface area contributed by atoms with Gasteiger partial charge >= 0.3 is 0 Å². The Morgan fingerprint density at radius 2 is 2.23 bits per heavy atom. The lowest BCUT2D eigenvalue weighted by atomic mass is 10.0. The maximum atomic E-state index is 10.3. The summed E-state index contributed by atoms with van der Waals surface area (Å²) < 4.78 is 6.90. The van der Waals surface area contributed by atoms with Gasteiger partial charge in [0.15, 0.2) is 17.4 Å². The van der Waals surface area contributed by atoms with Crippen molar-refractivity contribution in [3.8, 4) is 0 Å². The van der Waals surface area contributed by atoms with Crippen LogP contribution in [0.5, 0.6) is 0 Å². The van der Waals surface area contributed by atoms with E-state index < -0.39 is 35.8 Å². The number of anilines is 1. The van der Waals surface area contributed by atoms with Gasteiger partial charge in [-0.1, -0.05) is 11.6 Å². The lowest BCUT2D eigenvalue weighted by Gasteiger charge is -2.32. The van der Waals surface area contributed by atoms with Crippen molar-refractivity contribution in [2.75, 3.05) is 11.9 Å². The largest absolute Gasteiger partial charge is 0.394 e. The van der Waals surface area contributed by atoms with Crippen LogP contribution in [-0.4, -0.2) is 60.9 Å². The van der Waals surface area contributed by atoms with Crippen LogP contribution in [0.1, 0.15) is 12.6 Å². The van der Waals surface area contributed by atoms with Crippen LogP contribution >= 0.6 is 11.6 Å². The topological polar surface area (TPSA) is 158 Å². The minimum Gasteiger partial charge on any atom is -0.394 e. The number of imidazole rings is 1. The van der Waals surface area contributed by atoms with Gasteiger partial charge in [0.25, 0.3) is 5.18 Å². The van der Waals surface area contributed by atoms with Crippen molar-refractivity contribution in [3.05, 3.63) is 12.0 Å². The predicted molar refractivity (Wildman–Crippen MR) is 74.8 cm³/mol. The molecule has 22 heavy (non-hydrogen) atoms. The van der Waals surface area contributed by atoms with Gasteiger partial charge in [0.2, 0.25) is 0 Å². The van der Waals surface area contributed by atoms with Gasteiger partial charge in [-0.15, -0.1) is 0 Å². The van der Waals surface area contributed by atoms with Crippen molar-refractivity contribution in [1.82, 2.24) is 9.55 Å². The minimum absolute atomic E-state index is 0.0256. The molecule has 0 bridgehead atoms. The molecule has 2 aliphatic rings. The summed E-state index contributed by atoms with van der Waals surface area (Å²) in [5, 5.41) is 40.0. The van der Waals surface area contributed by atoms with E-state index in [4.69, 9.17) is 22.1 Å². The van der Waals surface area contributed by atoms with Crippen LogP contribution in [0.15, 0.2) is 11.3 Å². The number of rotatable bonds is 2. The smallest absolute Gasteiger partial charge is 0.285 e. The molecule has 0 spiro atoms. The molecular weight excluding hydrogens is 318 g/mol. The number of nitrogens with one attached hydrogen (secondary N) is 1. The predicted octanol–water partition coefficient (Wildman–Crippen LogP) is -2.25. The number of nitrogens with two attached hydrogens (primary N) is 1. The molecule has 0 aromatic carbocycles. The highest BCUT2D eigenvalue weighted by atomic mass is 35.5. The molecule has 1 unspecified atom stereocenters.